The van der Waals surface area contributed by atoms with Gasteiger partial charge in [0.1, 0.15) is 42.0 Å². The molecule has 376 valence electrons. The molecule has 0 aromatic heterocycles. The van der Waals surface area contributed by atoms with Crippen LogP contribution in [0.3, 0.4) is 0 Å². The van der Waals surface area contributed by atoms with E-state index in [9.17, 15) is 19.2 Å². The number of hydrogen-bond acceptors (Lipinski definition) is 17. The van der Waals surface area contributed by atoms with Crippen molar-refractivity contribution >= 4 is 35.9 Å². The maximum absolute atomic E-state index is 15.5. The lowest BCUT2D eigenvalue weighted by Gasteiger charge is -2.39. The van der Waals surface area contributed by atoms with Gasteiger partial charge in [-0.3, -0.25) is 9.59 Å². The van der Waals surface area contributed by atoms with Crippen molar-refractivity contribution in [2.75, 3.05) is 59.3 Å². The SMILES string of the molecule is CC(C)(C)OC(=O)N(C(=O)OCc1ccccc1)[C@@H](CCCCN)C(=O)C(N)(CCOCCOCCOCCCN)C(=O)[C@H](CCCCN)N(C(=O)OCc1ccccc1)C(=O)OC(C)(C)C. The van der Waals surface area contributed by atoms with Gasteiger partial charge in [0.25, 0.3) is 0 Å². The van der Waals surface area contributed by atoms with E-state index in [2.05, 4.69) is 0 Å². The predicted octanol–water partition coefficient (Wildman–Crippen LogP) is 5.75. The van der Waals surface area contributed by atoms with Crippen LogP contribution in [0.2, 0.25) is 0 Å². The highest BCUT2D eigenvalue weighted by Crippen LogP contribution is 2.28. The molecule has 0 unspecified atom stereocenters. The van der Waals surface area contributed by atoms with Crippen molar-refractivity contribution in [3.05, 3.63) is 71.8 Å². The zero-order valence-electron chi connectivity index (χ0n) is 40.4. The van der Waals surface area contributed by atoms with Gasteiger partial charge in [-0.05, 0) is 117 Å². The Balaban J connectivity index is 2.78. The van der Waals surface area contributed by atoms with E-state index in [1.807, 2.05) is 0 Å². The number of benzene rings is 2. The fourth-order valence-electron chi connectivity index (χ4n) is 6.50. The van der Waals surface area contributed by atoms with Gasteiger partial charge in [0.15, 0.2) is 11.6 Å². The van der Waals surface area contributed by atoms with E-state index >= 15 is 9.59 Å². The molecular formula is C48H76N6O13. The minimum Gasteiger partial charge on any atom is -0.444 e. The summed E-state index contributed by atoms with van der Waals surface area (Å²) in [4.78, 5) is 88.8. The average molecular weight is 945 g/mol. The van der Waals surface area contributed by atoms with Gasteiger partial charge in [0.2, 0.25) is 0 Å². The number of ketones is 2. The number of carbonyl (C=O) groups is 6. The molecule has 2 aromatic carbocycles. The highest BCUT2D eigenvalue weighted by molar-refractivity contribution is 6.17. The molecule has 0 spiro atoms. The average Bonchev–Trinajstić information content (AvgIpc) is 3.27. The monoisotopic (exact) mass is 945 g/mol. The summed E-state index contributed by atoms with van der Waals surface area (Å²) in [5.74, 6) is -2.23. The molecule has 2 aromatic rings. The Kier molecular flexibility index (Phi) is 26.3. The Morgan fingerprint density at radius 3 is 1.21 bits per heavy atom. The first-order valence-corrected chi connectivity index (χ1v) is 23.0. The van der Waals surface area contributed by atoms with Crippen LogP contribution in [0.1, 0.15) is 104 Å². The molecule has 4 amide bonds. The van der Waals surface area contributed by atoms with Gasteiger partial charge in [0.05, 0.1) is 26.4 Å². The molecule has 0 saturated heterocycles. The summed E-state index contributed by atoms with van der Waals surface area (Å²) in [6.07, 6.45) is -4.22. The first-order chi connectivity index (χ1) is 31.8. The third kappa shape index (κ3) is 21.7. The summed E-state index contributed by atoms with van der Waals surface area (Å²) < 4.78 is 39.5. The second-order valence-corrected chi connectivity index (χ2v) is 17.8. The maximum atomic E-state index is 15.5. The first kappa shape index (κ1) is 58.1. The second kappa shape index (κ2) is 30.4. The van der Waals surface area contributed by atoms with Crippen molar-refractivity contribution in [2.45, 2.75) is 135 Å². The molecule has 8 N–H and O–H groups in total. The minimum atomic E-state index is -2.67. The largest absolute Gasteiger partial charge is 0.444 e. The van der Waals surface area contributed by atoms with Crippen molar-refractivity contribution in [3.63, 3.8) is 0 Å². The summed E-state index contributed by atoms with van der Waals surface area (Å²) in [7, 11) is 0. The van der Waals surface area contributed by atoms with Gasteiger partial charge in [-0.2, -0.15) is 0 Å². The van der Waals surface area contributed by atoms with Crippen molar-refractivity contribution < 1.29 is 61.9 Å². The zero-order valence-corrected chi connectivity index (χ0v) is 40.4. The van der Waals surface area contributed by atoms with Crippen molar-refractivity contribution in [1.82, 2.24) is 9.80 Å². The molecular weight excluding hydrogens is 869 g/mol. The standard InChI is InChI=1S/C48H76N6O13/c1-46(2,3)66-44(59)53(42(57)64-34-36-18-9-7-10-19-36)38(22-13-15-25-49)40(55)48(52,24-29-62-31-33-63-32-30-61-28-17-27-51)41(56)39(23-14-16-26-50)54(45(60)67-47(4,5)6)43(58)65-35-37-20-11-8-12-21-37/h7-12,18-21,38-39H,13-17,22-35,49-52H2,1-6H3/t38-,39-/m0/s1. The third-order valence-electron chi connectivity index (χ3n) is 9.83. The highest BCUT2D eigenvalue weighted by Gasteiger charge is 2.54. The van der Waals surface area contributed by atoms with E-state index in [1.165, 1.54) is 0 Å². The van der Waals surface area contributed by atoms with E-state index in [4.69, 9.17) is 56.1 Å². The minimum absolute atomic E-state index is 0.00676. The van der Waals surface area contributed by atoms with Crippen LogP contribution in [0.4, 0.5) is 19.2 Å². The van der Waals surface area contributed by atoms with Crippen LogP contribution in [-0.2, 0) is 56.0 Å². The number of unbranched alkanes of at least 4 members (excludes halogenated alkanes) is 2. The number of nitrogens with two attached hydrogens (primary N) is 4. The maximum Gasteiger partial charge on any atom is 0.420 e. The molecule has 0 aliphatic rings. The molecule has 2 rings (SSSR count). The molecule has 0 fully saturated rings. The molecule has 19 nitrogen and oxygen atoms in total. The summed E-state index contributed by atoms with van der Waals surface area (Å²) in [6.45, 7) is 10.6. The van der Waals surface area contributed by atoms with E-state index in [0.717, 1.165) is 0 Å². The van der Waals surface area contributed by atoms with E-state index in [1.54, 1.807) is 102 Å². The molecule has 0 saturated carbocycles. The van der Waals surface area contributed by atoms with Crippen LogP contribution in [0, 0.1) is 0 Å². The smallest absolute Gasteiger partial charge is 0.420 e. The number of amides is 4. The lowest BCUT2D eigenvalue weighted by Crippen LogP contribution is -2.68. The Labute approximate surface area is 395 Å². The normalized spacial score (nSPS) is 12.7. The van der Waals surface area contributed by atoms with Gasteiger partial charge in [-0.25, -0.2) is 29.0 Å². The van der Waals surface area contributed by atoms with Crippen LogP contribution in [-0.4, -0.2) is 134 Å². The molecule has 0 heterocycles. The molecule has 67 heavy (non-hydrogen) atoms. The molecule has 0 bridgehead atoms. The zero-order chi connectivity index (χ0) is 49.9. The van der Waals surface area contributed by atoms with Crippen molar-refractivity contribution in [3.8, 4) is 0 Å². The summed E-state index contributed by atoms with van der Waals surface area (Å²) in [5, 5.41) is 0. The fraction of sp³-hybridized carbons (Fsp3) is 0.625. The van der Waals surface area contributed by atoms with Gasteiger partial charge < -0.3 is 56.1 Å². The number of carbonyl (C=O) groups excluding carboxylic acids is 6. The molecule has 0 aliphatic heterocycles. The Bertz CT molecular complexity index is 1680. The predicted molar refractivity (Wildman–Crippen MR) is 250 cm³/mol. The van der Waals surface area contributed by atoms with Crippen LogP contribution in [0.25, 0.3) is 0 Å². The topological polar surface area (TPSA) is 278 Å². The van der Waals surface area contributed by atoms with Gasteiger partial charge in [0, 0.05) is 19.6 Å². The number of hydrogen-bond donors (Lipinski definition) is 4. The summed E-state index contributed by atoms with van der Waals surface area (Å²) in [6, 6.07) is 13.7. The van der Waals surface area contributed by atoms with Gasteiger partial charge in [-0.15, -0.1) is 0 Å². The fourth-order valence-corrected chi connectivity index (χ4v) is 6.50. The highest BCUT2D eigenvalue weighted by atomic mass is 16.6. The van der Waals surface area contributed by atoms with E-state index < -0.39 is 71.2 Å². The third-order valence-corrected chi connectivity index (χ3v) is 9.83. The quantitative estimate of drug-likeness (QED) is 0.0412. The summed E-state index contributed by atoms with van der Waals surface area (Å²) in [5.41, 5.74) is 20.5. The van der Waals surface area contributed by atoms with Crippen molar-refractivity contribution in [2.24, 2.45) is 22.9 Å². The lowest BCUT2D eigenvalue weighted by molar-refractivity contribution is -0.142. The molecule has 19 heteroatoms. The lowest BCUT2D eigenvalue weighted by atomic mass is 9.77. The molecule has 0 aliphatic carbocycles. The van der Waals surface area contributed by atoms with E-state index in [0.29, 0.717) is 59.9 Å². The molecule has 0 radical (unpaired) electrons. The number of imide groups is 2. The first-order valence-electron chi connectivity index (χ1n) is 23.0. The van der Waals surface area contributed by atoms with Gasteiger partial charge >= 0.3 is 24.4 Å². The number of nitrogens with zero attached hydrogens (tertiary/aromatic N) is 2. The van der Waals surface area contributed by atoms with Gasteiger partial charge in [-0.1, -0.05) is 60.7 Å². The van der Waals surface area contributed by atoms with Crippen molar-refractivity contribution in [1.29, 1.82) is 0 Å². The van der Waals surface area contributed by atoms with Crippen LogP contribution in [0.15, 0.2) is 60.7 Å². The van der Waals surface area contributed by atoms with E-state index in [-0.39, 0.29) is 78.4 Å². The Morgan fingerprint density at radius 2 is 0.851 bits per heavy atom. The summed E-state index contributed by atoms with van der Waals surface area (Å²) >= 11 is 0. The number of rotatable bonds is 30. The number of ether oxygens (including phenoxy) is 7. The number of Topliss-reactive ketones (excluding diaryl/α,β-unsaturated/α-hetero) is 2. The van der Waals surface area contributed by atoms with Crippen LogP contribution in [0.5, 0.6) is 0 Å². The second-order valence-electron chi connectivity index (χ2n) is 17.8. The van der Waals surface area contributed by atoms with Crippen LogP contribution < -0.4 is 22.9 Å². The Morgan fingerprint density at radius 1 is 0.493 bits per heavy atom. The Hall–Kier alpha value is -5.02. The van der Waals surface area contributed by atoms with Crippen LogP contribution >= 0.6 is 0 Å². The molecule has 2 atom stereocenters.